The lowest BCUT2D eigenvalue weighted by atomic mass is 10.0. The second-order valence-corrected chi connectivity index (χ2v) is 5.04. The van der Waals surface area contributed by atoms with Crippen molar-refractivity contribution < 1.29 is 9.53 Å². The highest BCUT2D eigenvalue weighted by Gasteiger charge is 2.20. The number of rotatable bonds is 3. The first-order valence-electron chi connectivity index (χ1n) is 6.53. The van der Waals surface area contributed by atoms with Crippen LogP contribution in [0.2, 0.25) is 0 Å². The van der Waals surface area contributed by atoms with Crippen LogP contribution in [0.3, 0.4) is 0 Å². The van der Waals surface area contributed by atoms with Gasteiger partial charge in [0, 0.05) is 18.7 Å². The van der Waals surface area contributed by atoms with E-state index in [-0.39, 0.29) is 5.91 Å². The number of carbonyl (C=O) groups excluding carboxylic acids is 1. The molecule has 0 bridgehead atoms. The number of benzene rings is 1. The summed E-state index contributed by atoms with van der Waals surface area (Å²) >= 11 is 0. The molecule has 1 fully saturated rings. The van der Waals surface area contributed by atoms with Gasteiger partial charge in [-0.25, -0.2) is 0 Å². The molecule has 0 aromatic heterocycles. The smallest absolute Gasteiger partial charge is 0.227 e. The fourth-order valence-corrected chi connectivity index (χ4v) is 2.71. The van der Waals surface area contributed by atoms with Crippen LogP contribution in [-0.4, -0.2) is 31.0 Å². The molecule has 0 unspecified atom stereocenters. The van der Waals surface area contributed by atoms with E-state index < -0.39 is 0 Å². The molecule has 0 atom stereocenters. The highest BCUT2D eigenvalue weighted by Crippen LogP contribution is 2.26. The summed E-state index contributed by atoms with van der Waals surface area (Å²) in [5, 5.41) is 0. The average molecular weight is 247 g/mol. The summed E-state index contributed by atoms with van der Waals surface area (Å²) < 4.78 is 5.42. The van der Waals surface area contributed by atoms with Crippen LogP contribution in [0.25, 0.3) is 0 Å². The van der Waals surface area contributed by atoms with E-state index in [1.54, 1.807) is 7.11 Å². The van der Waals surface area contributed by atoms with Gasteiger partial charge in [-0.1, -0.05) is 17.7 Å². The van der Waals surface area contributed by atoms with E-state index in [1.807, 2.05) is 11.8 Å². The Bertz CT molecular complexity index is 448. The Morgan fingerprint density at radius 3 is 2.56 bits per heavy atom. The van der Waals surface area contributed by atoms with Crippen molar-refractivity contribution in [3.8, 4) is 5.75 Å². The Morgan fingerprint density at radius 1 is 1.28 bits per heavy atom. The predicted octanol–water partition coefficient (Wildman–Crippen LogP) is 2.48. The molecule has 18 heavy (non-hydrogen) atoms. The molecule has 1 aliphatic heterocycles. The molecular weight excluding hydrogens is 226 g/mol. The molecule has 0 aliphatic carbocycles. The number of hydrogen-bond acceptors (Lipinski definition) is 2. The van der Waals surface area contributed by atoms with Gasteiger partial charge < -0.3 is 9.64 Å². The van der Waals surface area contributed by atoms with Gasteiger partial charge in [0.1, 0.15) is 5.75 Å². The van der Waals surface area contributed by atoms with Crippen LogP contribution in [0.1, 0.15) is 29.5 Å². The van der Waals surface area contributed by atoms with Gasteiger partial charge >= 0.3 is 0 Å². The third-order valence-corrected chi connectivity index (χ3v) is 3.50. The second-order valence-electron chi connectivity index (χ2n) is 5.04. The van der Waals surface area contributed by atoms with Crippen LogP contribution in [0.5, 0.6) is 5.75 Å². The highest BCUT2D eigenvalue weighted by atomic mass is 16.5. The van der Waals surface area contributed by atoms with Crippen molar-refractivity contribution in [2.24, 2.45) is 0 Å². The van der Waals surface area contributed by atoms with E-state index in [2.05, 4.69) is 19.1 Å². The minimum absolute atomic E-state index is 0.218. The quantitative estimate of drug-likeness (QED) is 0.821. The lowest BCUT2D eigenvalue weighted by molar-refractivity contribution is -0.129. The Kier molecular flexibility index (Phi) is 3.90. The molecule has 0 N–H and O–H groups in total. The maximum absolute atomic E-state index is 12.2. The number of hydrogen-bond donors (Lipinski definition) is 0. The van der Waals surface area contributed by atoms with Gasteiger partial charge in [-0.15, -0.1) is 0 Å². The molecule has 2 rings (SSSR count). The molecule has 1 saturated heterocycles. The van der Waals surface area contributed by atoms with Gasteiger partial charge in [0.05, 0.1) is 13.5 Å². The van der Waals surface area contributed by atoms with E-state index in [4.69, 9.17) is 4.74 Å². The van der Waals surface area contributed by atoms with Gasteiger partial charge in [-0.3, -0.25) is 4.79 Å². The van der Waals surface area contributed by atoms with Gasteiger partial charge in [0.15, 0.2) is 0 Å². The van der Waals surface area contributed by atoms with Crippen molar-refractivity contribution in [2.75, 3.05) is 20.2 Å². The van der Waals surface area contributed by atoms with Crippen LogP contribution in [-0.2, 0) is 11.2 Å². The molecule has 1 heterocycles. The number of carbonyl (C=O) groups is 1. The minimum Gasteiger partial charge on any atom is -0.496 e. The van der Waals surface area contributed by atoms with E-state index in [9.17, 15) is 4.79 Å². The zero-order chi connectivity index (χ0) is 13.1. The van der Waals surface area contributed by atoms with Crippen molar-refractivity contribution in [1.29, 1.82) is 0 Å². The minimum atomic E-state index is 0.218. The van der Waals surface area contributed by atoms with E-state index in [0.717, 1.165) is 42.8 Å². The lowest BCUT2D eigenvalue weighted by Crippen LogP contribution is -2.29. The molecule has 1 aromatic carbocycles. The number of nitrogens with zero attached hydrogens (tertiary/aromatic N) is 1. The fraction of sp³-hybridized carbons (Fsp3) is 0.533. The van der Waals surface area contributed by atoms with Crippen LogP contribution in [0.15, 0.2) is 12.1 Å². The number of amides is 1. The predicted molar refractivity (Wildman–Crippen MR) is 72.0 cm³/mol. The van der Waals surface area contributed by atoms with Gasteiger partial charge in [-0.2, -0.15) is 0 Å². The third kappa shape index (κ3) is 2.66. The largest absolute Gasteiger partial charge is 0.496 e. The van der Waals surface area contributed by atoms with E-state index in [0.29, 0.717) is 6.42 Å². The maximum atomic E-state index is 12.2. The zero-order valence-electron chi connectivity index (χ0n) is 11.5. The van der Waals surface area contributed by atoms with E-state index in [1.165, 1.54) is 5.56 Å². The number of methoxy groups -OCH3 is 1. The molecule has 0 spiro atoms. The SMILES string of the molecule is COc1c(C)cc(C)cc1CC(=O)N1CCCC1. The van der Waals surface area contributed by atoms with Crippen LogP contribution < -0.4 is 4.74 Å². The van der Waals surface area contributed by atoms with Gasteiger partial charge in [-0.05, 0) is 32.3 Å². The normalized spacial score (nSPS) is 14.9. The van der Waals surface area contributed by atoms with Crippen LogP contribution >= 0.6 is 0 Å². The van der Waals surface area contributed by atoms with Crippen molar-refractivity contribution in [3.05, 3.63) is 28.8 Å². The van der Waals surface area contributed by atoms with Crippen LogP contribution in [0.4, 0.5) is 0 Å². The number of ether oxygens (including phenoxy) is 1. The zero-order valence-corrected chi connectivity index (χ0v) is 11.5. The van der Waals surface area contributed by atoms with Crippen molar-refractivity contribution in [2.45, 2.75) is 33.1 Å². The Hall–Kier alpha value is -1.51. The standard InChI is InChI=1S/C15H21NO2/c1-11-8-12(2)15(18-3)13(9-11)10-14(17)16-6-4-5-7-16/h8-9H,4-7,10H2,1-3H3. The first-order valence-corrected chi connectivity index (χ1v) is 6.53. The van der Waals surface area contributed by atoms with Gasteiger partial charge in [0.25, 0.3) is 0 Å². The Labute approximate surface area is 109 Å². The Morgan fingerprint density at radius 2 is 1.94 bits per heavy atom. The molecule has 1 aromatic rings. The molecule has 1 amide bonds. The molecule has 1 aliphatic rings. The third-order valence-electron chi connectivity index (χ3n) is 3.50. The van der Waals surface area contributed by atoms with Crippen molar-refractivity contribution in [3.63, 3.8) is 0 Å². The summed E-state index contributed by atoms with van der Waals surface area (Å²) in [5.74, 6) is 1.07. The summed E-state index contributed by atoms with van der Waals surface area (Å²) in [6.45, 7) is 5.89. The number of likely N-dealkylation sites (tertiary alicyclic amines) is 1. The molecule has 0 saturated carbocycles. The topological polar surface area (TPSA) is 29.5 Å². The Balaban J connectivity index is 2.19. The lowest BCUT2D eigenvalue weighted by Gasteiger charge is -2.17. The summed E-state index contributed by atoms with van der Waals surface area (Å²) in [4.78, 5) is 14.1. The fourth-order valence-electron chi connectivity index (χ4n) is 2.71. The molecule has 3 heteroatoms. The number of aryl methyl sites for hydroxylation is 2. The van der Waals surface area contributed by atoms with E-state index >= 15 is 0 Å². The summed E-state index contributed by atoms with van der Waals surface area (Å²) in [7, 11) is 1.67. The monoisotopic (exact) mass is 247 g/mol. The summed E-state index contributed by atoms with van der Waals surface area (Å²) in [5.41, 5.74) is 3.28. The van der Waals surface area contributed by atoms with Gasteiger partial charge in [0.2, 0.25) is 5.91 Å². The van der Waals surface area contributed by atoms with Crippen molar-refractivity contribution in [1.82, 2.24) is 4.90 Å². The molecule has 98 valence electrons. The molecule has 0 radical (unpaired) electrons. The summed E-state index contributed by atoms with van der Waals surface area (Å²) in [6, 6.07) is 4.14. The molecule has 3 nitrogen and oxygen atoms in total. The first kappa shape index (κ1) is 12.9. The molecular formula is C15H21NO2. The second kappa shape index (κ2) is 5.42. The van der Waals surface area contributed by atoms with Crippen molar-refractivity contribution >= 4 is 5.91 Å². The first-order chi connectivity index (χ1) is 8.61. The maximum Gasteiger partial charge on any atom is 0.227 e. The highest BCUT2D eigenvalue weighted by molar-refractivity contribution is 5.80. The average Bonchev–Trinajstić information content (AvgIpc) is 2.81. The van der Waals surface area contributed by atoms with Crippen LogP contribution in [0, 0.1) is 13.8 Å². The summed E-state index contributed by atoms with van der Waals surface area (Å²) in [6.07, 6.45) is 2.72.